The maximum absolute atomic E-state index is 13.3. The number of benzene rings is 2. The van der Waals surface area contributed by atoms with Crippen molar-refractivity contribution in [2.24, 2.45) is 0 Å². The first-order valence-electron chi connectivity index (χ1n) is 10.1. The Bertz CT molecular complexity index is 1260. The van der Waals surface area contributed by atoms with Gasteiger partial charge in [0.25, 0.3) is 5.91 Å². The summed E-state index contributed by atoms with van der Waals surface area (Å²) in [6, 6.07) is 12.5. The van der Waals surface area contributed by atoms with Gasteiger partial charge >= 0.3 is 6.09 Å². The molecule has 0 spiro atoms. The normalized spacial score (nSPS) is 12.6. The summed E-state index contributed by atoms with van der Waals surface area (Å²) in [7, 11) is 3.04. The van der Waals surface area contributed by atoms with E-state index in [9.17, 15) is 14.7 Å². The van der Waals surface area contributed by atoms with Crippen LogP contribution in [-0.2, 0) is 13.1 Å². The Kier molecular flexibility index (Phi) is 6.19. The van der Waals surface area contributed by atoms with Crippen molar-refractivity contribution in [2.75, 3.05) is 19.1 Å². The molecule has 170 valence electrons. The van der Waals surface area contributed by atoms with E-state index >= 15 is 0 Å². The Balaban J connectivity index is 1.84. The molecule has 0 saturated carbocycles. The fourth-order valence-corrected chi connectivity index (χ4v) is 4.54. The van der Waals surface area contributed by atoms with Crippen molar-refractivity contribution in [1.29, 1.82) is 0 Å². The number of fused-ring (bicyclic) bond motifs is 1. The molecule has 9 heteroatoms. The number of aromatic nitrogens is 1. The average Bonchev–Trinajstić information content (AvgIpc) is 3.08. The van der Waals surface area contributed by atoms with Gasteiger partial charge in [-0.25, -0.2) is 9.78 Å². The average molecular weight is 486 g/mol. The van der Waals surface area contributed by atoms with Crippen molar-refractivity contribution in [2.45, 2.75) is 20.0 Å². The second-order valence-corrected chi connectivity index (χ2v) is 8.57. The zero-order valence-electron chi connectivity index (χ0n) is 18.2. The number of pyridine rings is 1. The Morgan fingerprint density at radius 3 is 2.52 bits per heavy atom. The SMILES string of the molecule is COc1ccc(CN2Cc3c(nc(C)c(N(C)C(=O)O)c3-c3ccc(Cl)cc3Cl)C2=O)cc1. The van der Waals surface area contributed by atoms with Gasteiger partial charge in [-0.15, -0.1) is 0 Å². The van der Waals surface area contributed by atoms with Crippen LogP contribution in [0.5, 0.6) is 5.75 Å². The van der Waals surface area contributed by atoms with E-state index in [0.29, 0.717) is 50.4 Å². The standard InChI is InChI=1S/C24H21Cl2N3O4/c1-13-22(28(2)24(31)32)20(17-9-6-15(25)10-19(17)26)18-12-29(23(30)21(18)27-13)11-14-4-7-16(33-3)8-5-14/h4-10H,11-12H2,1-3H3,(H,31,32). The van der Waals surface area contributed by atoms with Crippen LogP contribution in [0.1, 0.15) is 27.3 Å². The van der Waals surface area contributed by atoms with E-state index in [2.05, 4.69) is 4.98 Å². The number of methoxy groups -OCH3 is 1. The van der Waals surface area contributed by atoms with E-state index in [1.54, 1.807) is 37.1 Å². The Morgan fingerprint density at radius 2 is 1.91 bits per heavy atom. The summed E-state index contributed by atoms with van der Waals surface area (Å²) in [5, 5.41) is 10.5. The number of rotatable bonds is 5. The molecule has 0 atom stereocenters. The van der Waals surface area contributed by atoms with E-state index in [1.807, 2.05) is 24.3 Å². The predicted octanol–water partition coefficient (Wildman–Crippen LogP) is 5.64. The first-order chi connectivity index (χ1) is 15.7. The first kappa shape index (κ1) is 22.9. The van der Waals surface area contributed by atoms with Crippen LogP contribution in [0.15, 0.2) is 42.5 Å². The minimum Gasteiger partial charge on any atom is -0.497 e. The molecular formula is C24H21Cl2N3O4. The molecule has 7 nitrogen and oxygen atoms in total. The highest BCUT2D eigenvalue weighted by atomic mass is 35.5. The monoisotopic (exact) mass is 485 g/mol. The molecule has 0 bridgehead atoms. The predicted molar refractivity (Wildman–Crippen MR) is 127 cm³/mol. The molecular weight excluding hydrogens is 465 g/mol. The molecule has 33 heavy (non-hydrogen) atoms. The van der Waals surface area contributed by atoms with Crippen molar-refractivity contribution < 1.29 is 19.4 Å². The lowest BCUT2D eigenvalue weighted by Crippen LogP contribution is -2.26. The highest BCUT2D eigenvalue weighted by Gasteiger charge is 2.35. The highest BCUT2D eigenvalue weighted by molar-refractivity contribution is 6.36. The summed E-state index contributed by atoms with van der Waals surface area (Å²) in [5.41, 5.74) is 3.81. The third kappa shape index (κ3) is 4.21. The molecule has 1 N–H and O–H groups in total. The summed E-state index contributed by atoms with van der Waals surface area (Å²) in [5.74, 6) is 0.507. The molecule has 0 aliphatic carbocycles. The molecule has 1 aliphatic heterocycles. The number of hydrogen-bond acceptors (Lipinski definition) is 4. The number of carbonyl (C=O) groups is 2. The quantitative estimate of drug-likeness (QED) is 0.505. The van der Waals surface area contributed by atoms with Crippen molar-refractivity contribution in [3.63, 3.8) is 0 Å². The summed E-state index contributed by atoms with van der Waals surface area (Å²) in [4.78, 5) is 32.4. The Morgan fingerprint density at radius 1 is 1.21 bits per heavy atom. The van der Waals surface area contributed by atoms with E-state index in [-0.39, 0.29) is 12.5 Å². The van der Waals surface area contributed by atoms with E-state index < -0.39 is 6.09 Å². The third-order valence-corrected chi connectivity index (χ3v) is 6.19. The number of ether oxygens (including phenoxy) is 1. The van der Waals surface area contributed by atoms with Crippen molar-refractivity contribution in [3.8, 4) is 16.9 Å². The number of nitrogens with zero attached hydrogens (tertiary/aromatic N) is 3. The maximum Gasteiger partial charge on any atom is 0.411 e. The zero-order valence-corrected chi connectivity index (χ0v) is 19.7. The molecule has 2 heterocycles. The molecule has 0 radical (unpaired) electrons. The first-order valence-corrected chi connectivity index (χ1v) is 10.8. The largest absolute Gasteiger partial charge is 0.497 e. The van der Waals surface area contributed by atoms with Gasteiger partial charge in [-0.05, 0) is 36.8 Å². The number of aryl methyl sites for hydroxylation is 1. The molecule has 4 rings (SSSR count). The van der Waals surface area contributed by atoms with Crippen molar-refractivity contribution in [3.05, 3.63) is 75.0 Å². The minimum absolute atomic E-state index is 0.222. The van der Waals surface area contributed by atoms with Gasteiger partial charge in [0.05, 0.1) is 18.5 Å². The summed E-state index contributed by atoms with van der Waals surface area (Å²) >= 11 is 12.6. The lowest BCUT2D eigenvalue weighted by Gasteiger charge is -2.23. The van der Waals surface area contributed by atoms with Crippen LogP contribution < -0.4 is 9.64 Å². The van der Waals surface area contributed by atoms with E-state index in [0.717, 1.165) is 16.2 Å². The number of carbonyl (C=O) groups excluding carboxylic acids is 1. The number of carboxylic acid groups (broad SMARTS) is 1. The van der Waals surface area contributed by atoms with Crippen molar-refractivity contribution >= 4 is 40.9 Å². The van der Waals surface area contributed by atoms with Gasteiger partial charge in [-0.2, -0.15) is 0 Å². The van der Waals surface area contributed by atoms with Gasteiger partial charge in [-0.3, -0.25) is 9.69 Å². The van der Waals surface area contributed by atoms with Crippen LogP contribution in [0.4, 0.5) is 10.5 Å². The topological polar surface area (TPSA) is 83.0 Å². The molecule has 1 aromatic heterocycles. The summed E-state index contributed by atoms with van der Waals surface area (Å²) in [6.45, 7) is 2.32. The highest BCUT2D eigenvalue weighted by Crippen LogP contribution is 2.44. The summed E-state index contributed by atoms with van der Waals surface area (Å²) in [6.07, 6.45) is -1.15. The molecule has 1 aliphatic rings. The fourth-order valence-electron chi connectivity index (χ4n) is 4.04. The maximum atomic E-state index is 13.3. The van der Waals surface area contributed by atoms with Gasteiger partial charge in [0.2, 0.25) is 0 Å². The molecule has 0 saturated heterocycles. The lowest BCUT2D eigenvalue weighted by atomic mass is 9.96. The zero-order chi connectivity index (χ0) is 23.9. The van der Waals surface area contributed by atoms with Crippen LogP contribution >= 0.6 is 23.2 Å². The Labute approximate surface area is 201 Å². The third-order valence-electron chi connectivity index (χ3n) is 5.64. The smallest absolute Gasteiger partial charge is 0.411 e. The van der Waals surface area contributed by atoms with Gasteiger partial charge in [0.15, 0.2) is 0 Å². The molecule has 3 aromatic rings. The molecule has 0 unspecified atom stereocenters. The van der Waals surface area contributed by atoms with Crippen LogP contribution in [-0.4, -0.2) is 41.1 Å². The molecule has 2 aromatic carbocycles. The number of amides is 2. The van der Waals surface area contributed by atoms with E-state index in [4.69, 9.17) is 27.9 Å². The summed E-state index contributed by atoms with van der Waals surface area (Å²) < 4.78 is 5.20. The number of halogens is 2. The number of hydrogen-bond donors (Lipinski definition) is 1. The van der Waals surface area contributed by atoms with Gasteiger partial charge < -0.3 is 14.7 Å². The van der Waals surface area contributed by atoms with Crippen LogP contribution in [0, 0.1) is 6.92 Å². The van der Waals surface area contributed by atoms with Crippen molar-refractivity contribution in [1.82, 2.24) is 9.88 Å². The minimum atomic E-state index is -1.15. The fraction of sp³-hybridized carbons (Fsp3) is 0.208. The molecule has 0 fully saturated rings. The van der Waals surface area contributed by atoms with Gasteiger partial charge in [0.1, 0.15) is 11.4 Å². The van der Waals surface area contributed by atoms with E-state index in [1.165, 1.54) is 7.05 Å². The van der Waals surface area contributed by atoms with Crippen LogP contribution in [0.2, 0.25) is 10.0 Å². The molecule has 2 amide bonds. The second kappa shape index (κ2) is 8.92. The Hall–Kier alpha value is -3.29. The number of anilines is 1. The van der Waals surface area contributed by atoms with Crippen LogP contribution in [0.25, 0.3) is 11.1 Å². The van der Waals surface area contributed by atoms with Gasteiger partial charge in [0, 0.05) is 46.9 Å². The van der Waals surface area contributed by atoms with Gasteiger partial charge in [-0.1, -0.05) is 41.4 Å². The second-order valence-electron chi connectivity index (χ2n) is 7.72. The lowest BCUT2D eigenvalue weighted by molar-refractivity contribution is 0.0762. The van der Waals surface area contributed by atoms with Crippen LogP contribution in [0.3, 0.4) is 0 Å².